The predicted molar refractivity (Wildman–Crippen MR) is 97.3 cm³/mol. The van der Waals surface area contributed by atoms with Crippen molar-refractivity contribution in [3.63, 3.8) is 0 Å². The third kappa shape index (κ3) is 5.56. The van der Waals surface area contributed by atoms with Gasteiger partial charge in [-0.05, 0) is 31.5 Å². The molecule has 0 aliphatic rings. The minimum absolute atomic E-state index is 0.240. The molecule has 0 fully saturated rings. The summed E-state index contributed by atoms with van der Waals surface area (Å²) in [5, 5.41) is 3.13. The number of carbonyl (C=O) groups excluding carboxylic acids is 1. The van der Waals surface area contributed by atoms with Crippen LogP contribution in [0.5, 0.6) is 5.75 Å². The molecule has 0 aromatic heterocycles. The number of ether oxygens (including phenoxy) is 1. The number of methoxy groups -OCH3 is 1. The number of sulfonamides is 1. The Morgan fingerprint density at radius 1 is 1.38 bits per heavy atom. The van der Waals surface area contributed by atoms with Gasteiger partial charge in [-0.3, -0.25) is 9.10 Å². The van der Waals surface area contributed by atoms with E-state index in [4.69, 9.17) is 16.3 Å². The first kappa shape index (κ1) is 20.6. The molecule has 136 valence electrons. The van der Waals surface area contributed by atoms with Gasteiger partial charge in [-0.1, -0.05) is 31.4 Å². The zero-order chi connectivity index (χ0) is 18.3. The lowest BCUT2D eigenvalue weighted by Crippen LogP contribution is -2.48. The number of hydrogen-bond donors (Lipinski definition) is 1. The molecule has 1 rings (SSSR count). The standard InChI is InChI=1S/C16H25ClN2O4S/c1-5-6-7-10-18-16(20)12(2)19(24(4,21)22)14-11-13(17)8-9-15(14)23-3/h8-9,11-12H,5-7,10H2,1-4H3,(H,18,20)/t12-/m1/s1. The molecule has 24 heavy (non-hydrogen) atoms. The van der Waals surface area contributed by atoms with E-state index in [0.717, 1.165) is 29.8 Å². The van der Waals surface area contributed by atoms with Crippen LogP contribution in [-0.4, -0.2) is 40.3 Å². The highest BCUT2D eigenvalue weighted by atomic mass is 35.5. The van der Waals surface area contributed by atoms with Crippen LogP contribution in [-0.2, 0) is 14.8 Å². The van der Waals surface area contributed by atoms with E-state index in [1.165, 1.54) is 20.1 Å². The summed E-state index contributed by atoms with van der Waals surface area (Å²) in [4.78, 5) is 12.4. The lowest BCUT2D eigenvalue weighted by molar-refractivity contribution is -0.121. The molecule has 1 aromatic carbocycles. The lowest BCUT2D eigenvalue weighted by Gasteiger charge is -2.29. The Morgan fingerprint density at radius 3 is 2.58 bits per heavy atom. The maximum Gasteiger partial charge on any atom is 0.243 e. The summed E-state index contributed by atoms with van der Waals surface area (Å²) in [6.45, 7) is 4.12. The number of benzene rings is 1. The van der Waals surface area contributed by atoms with Gasteiger partial charge in [-0.15, -0.1) is 0 Å². The number of amides is 1. The number of unbranched alkanes of at least 4 members (excludes halogenated alkanes) is 2. The summed E-state index contributed by atoms with van der Waals surface area (Å²) in [5.74, 6) is -0.0333. The van der Waals surface area contributed by atoms with Crippen LogP contribution < -0.4 is 14.4 Å². The number of hydrogen-bond acceptors (Lipinski definition) is 4. The van der Waals surface area contributed by atoms with Crippen molar-refractivity contribution >= 4 is 33.2 Å². The second-order valence-electron chi connectivity index (χ2n) is 5.55. The maximum absolute atomic E-state index is 12.4. The van der Waals surface area contributed by atoms with Crippen molar-refractivity contribution in [3.05, 3.63) is 23.2 Å². The van der Waals surface area contributed by atoms with Crippen LogP contribution in [0.2, 0.25) is 5.02 Å². The van der Waals surface area contributed by atoms with Crippen molar-refractivity contribution in [1.29, 1.82) is 0 Å². The Kier molecular flexibility index (Phi) is 7.83. The number of anilines is 1. The summed E-state index contributed by atoms with van der Waals surface area (Å²) in [7, 11) is -2.28. The van der Waals surface area contributed by atoms with E-state index in [2.05, 4.69) is 12.2 Å². The number of rotatable bonds is 9. The minimum atomic E-state index is -3.71. The SMILES string of the molecule is CCCCCNC(=O)[C@@H](C)N(c1cc(Cl)ccc1OC)S(C)(=O)=O. The minimum Gasteiger partial charge on any atom is -0.495 e. The maximum atomic E-state index is 12.4. The first-order valence-corrected chi connectivity index (χ1v) is 10.1. The fourth-order valence-electron chi connectivity index (χ4n) is 2.35. The Balaban J connectivity index is 3.11. The highest BCUT2D eigenvalue weighted by Crippen LogP contribution is 2.34. The van der Waals surface area contributed by atoms with E-state index < -0.39 is 16.1 Å². The third-order valence-corrected chi connectivity index (χ3v) is 5.01. The van der Waals surface area contributed by atoms with Gasteiger partial charge in [0, 0.05) is 11.6 Å². The molecule has 1 amide bonds. The molecule has 0 radical (unpaired) electrons. The van der Waals surface area contributed by atoms with E-state index in [9.17, 15) is 13.2 Å². The molecule has 1 atom stereocenters. The van der Waals surface area contributed by atoms with Crippen molar-refractivity contribution in [1.82, 2.24) is 5.32 Å². The van der Waals surface area contributed by atoms with Crippen LogP contribution in [0.4, 0.5) is 5.69 Å². The second kappa shape index (κ2) is 9.13. The van der Waals surface area contributed by atoms with E-state index in [1.807, 2.05) is 0 Å². The van der Waals surface area contributed by atoms with Crippen LogP contribution in [0.1, 0.15) is 33.1 Å². The van der Waals surface area contributed by atoms with Gasteiger partial charge in [0.15, 0.2) is 0 Å². The first-order valence-electron chi connectivity index (χ1n) is 7.83. The van der Waals surface area contributed by atoms with Crippen LogP contribution in [0.15, 0.2) is 18.2 Å². The summed E-state index contributed by atoms with van der Waals surface area (Å²) in [6, 6.07) is 3.72. The Labute approximate surface area is 149 Å². The second-order valence-corrected chi connectivity index (χ2v) is 7.84. The van der Waals surface area contributed by atoms with Crippen LogP contribution in [0, 0.1) is 0 Å². The van der Waals surface area contributed by atoms with Gasteiger partial charge < -0.3 is 10.1 Å². The monoisotopic (exact) mass is 376 g/mol. The van der Waals surface area contributed by atoms with Gasteiger partial charge in [-0.2, -0.15) is 0 Å². The quantitative estimate of drug-likeness (QED) is 0.672. The molecule has 0 saturated carbocycles. The molecular weight excluding hydrogens is 352 g/mol. The average Bonchev–Trinajstić information content (AvgIpc) is 2.50. The summed E-state index contributed by atoms with van der Waals surface area (Å²) in [6.07, 6.45) is 3.95. The van der Waals surface area contributed by atoms with Crippen molar-refractivity contribution in [2.75, 3.05) is 24.2 Å². The smallest absolute Gasteiger partial charge is 0.243 e. The highest BCUT2D eigenvalue weighted by Gasteiger charge is 2.31. The number of nitrogens with zero attached hydrogens (tertiary/aromatic N) is 1. The molecule has 0 bridgehead atoms. The molecule has 0 aliphatic heterocycles. The van der Waals surface area contributed by atoms with Gasteiger partial charge in [-0.25, -0.2) is 8.42 Å². The van der Waals surface area contributed by atoms with E-state index in [0.29, 0.717) is 17.3 Å². The molecular formula is C16H25ClN2O4S. The van der Waals surface area contributed by atoms with Crippen molar-refractivity contribution in [2.24, 2.45) is 0 Å². The van der Waals surface area contributed by atoms with Gasteiger partial charge >= 0.3 is 0 Å². The van der Waals surface area contributed by atoms with Crippen molar-refractivity contribution in [2.45, 2.75) is 39.2 Å². The third-order valence-electron chi connectivity index (χ3n) is 3.55. The fourth-order valence-corrected chi connectivity index (χ4v) is 3.69. The summed E-state index contributed by atoms with van der Waals surface area (Å²) in [5.41, 5.74) is 0.240. The lowest BCUT2D eigenvalue weighted by atomic mass is 10.2. The van der Waals surface area contributed by atoms with Crippen molar-refractivity contribution < 1.29 is 17.9 Å². The van der Waals surface area contributed by atoms with E-state index in [1.54, 1.807) is 12.1 Å². The number of carbonyl (C=O) groups is 1. The Bertz CT molecular complexity index is 664. The molecule has 0 aliphatic carbocycles. The zero-order valence-electron chi connectivity index (χ0n) is 14.5. The molecule has 0 heterocycles. The van der Waals surface area contributed by atoms with Gasteiger partial charge in [0.1, 0.15) is 11.8 Å². The van der Waals surface area contributed by atoms with E-state index in [-0.39, 0.29) is 11.6 Å². The predicted octanol–water partition coefficient (Wildman–Crippen LogP) is 2.81. The first-order chi connectivity index (χ1) is 11.2. The molecule has 0 saturated heterocycles. The topological polar surface area (TPSA) is 75.7 Å². The number of nitrogens with one attached hydrogen (secondary N) is 1. The van der Waals surface area contributed by atoms with Crippen LogP contribution in [0.25, 0.3) is 0 Å². The Morgan fingerprint density at radius 2 is 2.04 bits per heavy atom. The molecule has 8 heteroatoms. The normalized spacial score (nSPS) is 12.5. The number of halogens is 1. The van der Waals surface area contributed by atoms with E-state index >= 15 is 0 Å². The van der Waals surface area contributed by atoms with Gasteiger partial charge in [0.05, 0.1) is 19.1 Å². The Hall–Kier alpha value is -1.47. The molecule has 0 spiro atoms. The fraction of sp³-hybridized carbons (Fsp3) is 0.562. The molecule has 1 N–H and O–H groups in total. The molecule has 6 nitrogen and oxygen atoms in total. The van der Waals surface area contributed by atoms with Gasteiger partial charge in [0.2, 0.25) is 15.9 Å². The highest BCUT2D eigenvalue weighted by molar-refractivity contribution is 7.92. The van der Waals surface area contributed by atoms with Crippen LogP contribution in [0.3, 0.4) is 0 Å². The van der Waals surface area contributed by atoms with Gasteiger partial charge in [0.25, 0.3) is 0 Å². The van der Waals surface area contributed by atoms with Crippen molar-refractivity contribution in [3.8, 4) is 5.75 Å². The molecule has 0 unspecified atom stereocenters. The summed E-state index contributed by atoms with van der Waals surface area (Å²) < 4.78 is 30.8. The van der Waals surface area contributed by atoms with Crippen LogP contribution >= 0.6 is 11.6 Å². The average molecular weight is 377 g/mol. The molecule has 1 aromatic rings. The zero-order valence-corrected chi connectivity index (χ0v) is 16.1. The largest absolute Gasteiger partial charge is 0.495 e. The summed E-state index contributed by atoms with van der Waals surface area (Å²) >= 11 is 5.99.